The van der Waals surface area contributed by atoms with Crippen molar-refractivity contribution in [1.29, 1.82) is 0 Å². The zero-order valence-corrected chi connectivity index (χ0v) is 10.6. The Hall–Kier alpha value is -2.26. The van der Waals surface area contributed by atoms with Crippen LogP contribution in [0.5, 0.6) is 0 Å². The Morgan fingerprint density at radius 3 is 2.95 bits per heavy atom. The monoisotopic (exact) mass is 268 g/mol. The summed E-state index contributed by atoms with van der Waals surface area (Å²) in [5.41, 5.74) is 3.77. The third-order valence-corrected chi connectivity index (χ3v) is 3.46. The van der Waals surface area contributed by atoms with Gasteiger partial charge in [0.05, 0.1) is 16.7 Å². The average molecular weight is 269 g/mol. The van der Waals surface area contributed by atoms with E-state index in [2.05, 4.69) is 4.98 Å². The first-order chi connectivity index (χ1) is 9.33. The van der Waals surface area contributed by atoms with Gasteiger partial charge in [0.15, 0.2) is 0 Å². The zero-order chi connectivity index (χ0) is 12.8. The van der Waals surface area contributed by atoms with Crippen molar-refractivity contribution in [3.63, 3.8) is 0 Å². The maximum Gasteiger partial charge on any atom is 0.136 e. The van der Waals surface area contributed by atoms with Crippen molar-refractivity contribution in [2.24, 2.45) is 0 Å². The third kappa shape index (κ3) is 1.55. The number of benzene rings is 2. The molecular weight excluding hydrogens is 260 g/mol. The van der Waals surface area contributed by atoms with Gasteiger partial charge in [-0.3, -0.25) is 4.57 Å². The number of furan rings is 1. The standard InChI is InChI=1S/C15H9ClN2O/c16-10-5-6-15-11(7-10)14(8-19-15)18-9-17-12-3-1-2-4-13(12)18/h1-9H. The summed E-state index contributed by atoms with van der Waals surface area (Å²) in [6.07, 6.45) is 3.53. The fraction of sp³-hybridized carbons (Fsp3) is 0. The molecule has 0 radical (unpaired) electrons. The van der Waals surface area contributed by atoms with E-state index in [0.29, 0.717) is 5.02 Å². The van der Waals surface area contributed by atoms with Gasteiger partial charge in [-0.2, -0.15) is 0 Å². The number of hydrogen-bond donors (Lipinski definition) is 0. The lowest BCUT2D eigenvalue weighted by Crippen LogP contribution is -1.89. The molecule has 3 nitrogen and oxygen atoms in total. The fourth-order valence-corrected chi connectivity index (χ4v) is 2.50. The summed E-state index contributed by atoms with van der Waals surface area (Å²) >= 11 is 6.06. The van der Waals surface area contributed by atoms with E-state index in [-0.39, 0.29) is 0 Å². The van der Waals surface area contributed by atoms with Gasteiger partial charge >= 0.3 is 0 Å². The van der Waals surface area contributed by atoms with E-state index < -0.39 is 0 Å². The van der Waals surface area contributed by atoms with Gasteiger partial charge in [0.1, 0.15) is 18.2 Å². The second-order valence-electron chi connectivity index (χ2n) is 4.36. The Morgan fingerprint density at radius 1 is 1.11 bits per heavy atom. The molecular formula is C15H9ClN2O. The summed E-state index contributed by atoms with van der Waals surface area (Å²) in [4.78, 5) is 4.39. The number of hydrogen-bond acceptors (Lipinski definition) is 2. The Bertz CT molecular complexity index is 891. The SMILES string of the molecule is Clc1ccc2occ(-n3cnc4ccccc43)c2c1. The molecule has 0 aliphatic heterocycles. The van der Waals surface area contributed by atoms with Gasteiger partial charge in [-0.1, -0.05) is 23.7 Å². The first kappa shape index (κ1) is 10.6. The second-order valence-corrected chi connectivity index (χ2v) is 4.80. The molecule has 0 saturated carbocycles. The van der Waals surface area contributed by atoms with Crippen LogP contribution < -0.4 is 0 Å². The first-order valence-electron chi connectivity index (χ1n) is 5.92. The summed E-state index contributed by atoms with van der Waals surface area (Å²) in [6, 6.07) is 13.6. The van der Waals surface area contributed by atoms with Crippen molar-refractivity contribution < 1.29 is 4.42 Å². The van der Waals surface area contributed by atoms with Crippen LogP contribution in [0.1, 0.15) is 0 Å². The minimum atomic E-state index is 0.694. The molecule has 0 atom stereocenters. The molecule has 0 N–H and O–H groups in total. The van der Waals surface area contributed by atoms with Crippen LogP contribution in [0.4, 0.5) is 0 Å². The van der Waals surface area contributed by atoms with Gasteiger partial charge in [-0.25, -0.2) is 4.98 Å². The lowest BCUT2D eigenvalue weighted by Gasteiger charge is -2.01. The van der Waals surface area contributed by atoms with Gasteiger partial charge in [0, 0.05) is 10.4 Å². The Morgan fingerprint density at radius 2 is 2.00 bits per heavy atom. The third-order valence-electron chi connectivity index (χ3n) is 3.23. The maximum atomic E-state index is 6.06. The van der Waals surface area contributed by atoms with Gasteiger partial charge < -0.3 is 4.42 Å². The van der Waals surface area contributed by atoms with Crippen LogP contribution in [0.3, 0.4) is 0 Å². The molecule has 2 aromatic heterocycles. The normalized spacial score (nSPS) is 11.4. The fourth-order valence-electron chi connectivity index (χ4n) is 2.33. The van der Waals surface area contributed by atoms with Crippen LogP contribution in [0.15, 0.2) is 59.5 Å². The predicted molar refractivity (Wildman–Crippen MR) is 75.9 cm³/mol. The number of aromatic nitrogens is 2. The van der Waals surface area contributed by atoms with E-state index in [1.165, 1.54) is 0 Å². The molecule has 0 fully saturated rings. The van der Waals surface area contributed by atoms with Crippen molar-refractivity contribution in [2.45, 2.75) is 0 Å². The van der Waals surface area contributed by atoms with E-state index in [9.17, 15) is 0 Å². The molecule has 19 heavy (non-hydrogen) atoms. The van der Waals surface area contributed by atoms with Crippen molar-refractivity contribution in [2.75, 3.05) is 0 Å². The number of para-hydroxylation sites is 2. The summed E-state index contributed by atoms with van der Waals surface area (Å²) in [5, 5.41) is 1.68. The molecule has 0 aliphatic carbocycles. The van der Waals surface area contributed by atoms with Gasteiger partial charge in [0.25, 0.3) is 0 Å². The van der Waals surface area contributed by atoms with Crippen LogP contribution in [-0.4, -0.2) is 9.55 Å². The Labute approximate surface area is 114 Å². The van der Waals surface area contributed by atoms with E-state index in [0.717, 1.165) is 27.7 Å². The summed E-state index contributed by atoms with van der Waals surface area (Å²) < 4.78 is 7.58. The van der Waals surface area contributed by atoms with Crippen LogP contribution in [-0.2, 0) is 0 Å². The molecule has 0 spiro atoms. The van der Waals surface area contributed by atoms with Crippen LogP contribution in [0, 0.1) is 0 Å². The van der Waals surface area contributed by atoms with E-state index in [1.807, 2.05) is 47.0 Å². The highest BCUT2D eigenvalue weighted by molar-refractivity contribution is 6.31. The Kier molecular flexibility index (Phi) is 2.17. The van der Waals surface area contributed by atoms with Gasteiger partial charge in [-0.05, 0) is 30.3 Å². The lowest BCUT2D eigenvalue weighted by molar-refractivity contribution is 0.613. The van der Waals surface area contributed by atoms with E-state index in [1.54, 1.807) is 12.6 Å². The molecule has 92 valence electrons. The van der Waals surface area contributed by atoms with Crippen molar-refractivity contribution in [1.82, 2.24) is 9.55 Å². The highest BCUT2D eigenvalue weighted by atomic mass is 35.5. The zero-order valence-electron chi connectivity index (χ0n) is 9.88. The highest BCUT2D eigenvalue weighted by Crippen LogP contribution is 2.29. The largest absolute Gasteiger partial charge is 0.462 e. The van der Waals surface area contributed by atoms with Crippen LogP contribution in [0.2, 0.25) is 5.02 Å². The highest BCUT2D eigenvalue weighted by Gasteiger charge is 2.11. The molecule has 0 bridgehead atoms. The van der Waals surface area contributed by atoms with Gasteiger partial charge in [0.2, 0.25) is 0 Å². The molecule has 0 aliphatic rings. The number of fused-ring (bicyclic) bond motifs is 2. The number of imidazole rings is 1. The predicted octanol–water partition coefficient (Wildman–Crippen LogP) is 4.43. The van der Waals surface area contributed by atoms with E-state index >= 15 is 0 Å². The molecule has 0 saturated heterocycles. The molecule has 0 amide bonds. The molecule has 2 heterocycles. The maximum absolute atomic E-state index is 6.06. The minimum Gasteiger partial charge on any atom is -0.462 e. The van der Waals surface area contributed by atoms with Crippen molar-refractivity contribution in [3.8, 4) is 5.69 Å². The molecule has 4 rings (SSSR count). The summed E-state index contributed by atoms with van der Waals surface area (Å²) in [7, 11) is 0. The molecule has 0 unspecified atom stereocenters. The van der Waals surface area contributed by atoms with Gasteiger partial charge in [-0.15, -0.1) is 0 Å². The summed E-state index contributed by atoms with van der Waals surface area (Å²) in [5.74, 6) is 0. The molecule has 2 aromatic carbocycles. The van der Waals surface area contributed by atoms with Crippen LogP contribution >= 0.6 is 11.6 Å². The number of nitrogens with zero attached hydrogens (tertiary/aromatic N) is 2. The lowest BCUT2D eigenvalue weighted by atomic mass is 10.2. The average Bonchev–Trinajstić information content (AvgIpc) is 3.01. The topological polar surface area (TPSA) is 31.0 Å². The molecule has 4 heteroatoms. The second kappa shape index (κ2) is 3.87. The quantitative estimate of drug-likeness (QED) is 0.511. The van der Waals surface area contributed by atoms with Crippen molar-refractivity contribution in [3.05, 3.63) is 60.1 Å². The number of halogens is 1. The Balaban J connectivity index is 2.06. The van der Waals surface area contributed by atoms with E-state index in [4.69, 9.17) is 16.0 Å². The van der Waals surface area contributed by atoms with Crippen LogP contribution in [0.25, 0.3) is 27.7 Å². The molecule has 4 aromatic rings. The first-order valence-corrected chi connectivity index (χ1v) is 6.30. The smallest absolute Gasteiger partial charge is 0.136 e. The van der Waals surface area contributed by atoms with Crippen molar-refractivity contribution >= 4 is 33.6 Å². The number of rotatable bonds is 1. The summed E-state index contributed by atoms with van der Waals surface area (Å²) in [6.45, 7) is 0. The minimum absolute atomic E-state index is 0.694.